The minimum absolute atomic E-state index is 0.103. The zero-order valence-corrected chi connectivity index (χ0v) is 18.1. The molecule has 4 rings (SSSR count). The second-order valence-electron chi connectivity index (χ2n) is 10.2. The van der Waals surface area contributed by atoms with Gasteiger partial charge >= 0.3 is 0 Å². The van der Waals surface area contributed by atoms with E-state index in [-0.39, 0.29) is 18.1 Å². The molecule has 29 heavy (non-hydrogen) atoms. The molecular formula is C24H35NO4. The molecular weight excluding hydrogens is 366 g/mol. The molecule has 0 radical (unpaired) electrons. The van der Waals surface area contributed by atoms with Crippen molar-refractivity contribution in [1.82, 2.24) is 5.32 Å². The molecule has 1 N–H and O–H groups in total. The van der Waals surface area contributed by atoms with Crippen LogP contribution in [0.15, 0.2) is 18.2 Å². The lowest BCUT2D eigenvalue weighted by molar-refractivity contribution is -0.123. The van der Waals surface area contributed by atoms with Gasteiger partial charge in [-0.3, -0.25) is 4.79 Å². The molecule has 0 aromatic heterocycles. The standard InChI is InChI=1S/C24H35NO4/c1-17-10-18(14-23(2,3)13-17)11-22(26)25-15-24(6-8-27-9-7-24)19-4-5-20-21(12-19)29-16-28-20/h4-5,12,17-18H,6-11,13-16H2,1-3H3,(H,25,26)/t17-,18-/m1/s1. The number of nitrogens with one attached hydrogen (secondary N) is 1. The van der Waals surface area contributed by atoms with Gasteiger partial charge in [-0.25, -0.2) is 0 Å². The lowest BCUT2D eigenvalue weighted by atomic mass is 9.67. The lowest BCUT2D eigenvalue weighted by Crippen LogP contribution is -2.45. The molecule has 0 bridgehead atoms. The summed E-state index contributed by atoms with van der Waals surface area (Å²) in [6, 6.07) is 6.20. The maximum absolute atomic E-state index is 12.8. The third-order valence-electron chi connectivity index (χ3n) is 7.01. The van der Waals surface area contributed by atoms with Crippen LogP contribution in [-0.2, 0) is 14.9 Å². The van der Waals surface area contributed by atoms with Crippen LogP contribution in [0.3, 0.4) is 0 Å². The first-order valence-electron chi connectivity index (χ1n) is 11.1. The fourth-order valence-corrected chi connectivity index (χ4v) is 5.86. The molecule has 2 atom stereocenters. The van der Waals surface area contributed by atoms with Crippen molar-refractivity contribution < 1.29 is 19.0 Å². The summed E-state index contributed by atoms with van der Waals surface area (Å²) in [5.74, 6) is 2.98. The second-order valence-corrected chi connectivity index (χ2v) is 10.2. The Hall–Kier alpha value is -1.75. The van der Waals surface area contributed by atoms with Crippen molar-refractivity contribution in [2.75, 3.05) is 26.6 Å². The highest BCUT2D eigenvalue weighted by atomic mass is 16.7. The molecule has 5 nitrogen and oxygen atoms in total. The van der Waals surface area contributed by atoms with Gasteiger partial charge in [0.15, 0.2) is 11.5 Å². The molecule has 1 aliphatic carbocycles. The molecule has 1 aromatic carbocycles. The van der Waals surface area contributed by atoms with Gasteiger partial charge in [-0.2, -0.15) is 0 Å². The van der Waals surface area contributed by atoms with Crippen LogP contribution in [0.5, 0.6) is 11.5 Å². The molecule has 0 spiro atoms. The predicted octanol–water partition coefficient (Wildman–Crippen LogP) is 4.43. The van der Waals surface area contributed by atoms with Crippen LogP contribution >= 0.6 is 0 Å². The second kappa shape index (κ2) is 8.17. The van der Waals surface area contributed by atoms with Gasteiger partial charge in [0.1, 0.15) is 0 Å². The highest BCUT2D eigenvalue weighted by molar-refractivity contribution is 5.76. The number of rotatable bonds is 5. The minimum atomic E-state index is -0.103. The number of carbonyl (C=O) groups is 1. The quantitative estimate of drug-likeness (QED) is 0.793. The lowest BCUT2D eigenvalue weighted by Gasteiger charge is -2.40. The third kappa shape index (κ3) is 4.71. The molecule has 3 aliphatic rings. The summed E-state index contributed by atoms with van der Waals surface area (Å²) in [6.07, 6.45) is 6.02. The van der Waals surface area contributed by atoms with Gasteiger partial charge in [-0.15, -0.1) is 0 Å². The van der Waals surface area contributed by atoms with E-state index in [9.17, 15) is 4.79 Å². The highest BCUT2D eigenvalue weighted by Gasteiger charge is 2.37. The maximum atomic E-state index is 12.8. The number of carbonyl (C=O) groups excluding carboxylic acids is 1. The first-order chi connectivity index (χ1) is 13.9. The van der Waals surface area contributed by atoms with E-state index in [1.807, 2.05) is 6.07 Å². The number of hydrogen-bond donors (Lipinski definition) is 1. The molecule has 1 saturated heterocycles. The number of benzene rings is 1. The Kier molecular flexibility index (Phi) is 5.78. The zero-order valence-electron chi connectivity index (χ0n) is 18.1. The van der Waals surface area contributed by atoms with E-state index < -0.39 is 0 Å². The van der Waals surface area contributed by atoms with Crippen molar-refractivity contribution >= 4 is 5.91 Å². The molecule has 1 amide bonds. The van der Waals surface area contributed by atoms with Gasteiger partial charge in [-0.1, -0.05) is 26.8 Å². The van der Waals surface area contributed by atoms with Crippen molar-refractivity contribution in [1.29, 1.82) is 0 Å². The van der Waals surface area contributed by atoms with Crippen LogP contribution in [-0.4, -0.2) is 32.5 Å². The highest BCUT2D eigenvalue weighted by Crippen LogP contribution is 2.43. The van der Waals surface area contributed by atoms with Gasteiger partial charge in [0.25, 0.3) is 0 Å². The SMILES string of the molecule is C[C@@H]1C[C@H](CC(=O)NCC2(c3ccc4c(c3)OCO4)CCOCC2)CC(C)(C)C1. The monoisotopic (exact) mass is 401 g/mol. The van der Waals surface area contributed by atoms with E-state index in [1.54, 1.807) is 0 Å². The van der Waals surface area contributed by atoms with E-state index in [1.165, 1.54) is 12.0 Å². The molecule has 2 aliphatic heterocycles. The Morgan fingerprint density at radius 3 is 2.66 bits per heavy atom. The van der Waals surface area contributed by atoms with Crippen LogP contribution in [0.2, 0.25) is 0 Å². The van der Waals surface area contributed by atoms with Gasteiger partial charge in [-0.05, 0) is 67.1 Å². The Morgan fingerprint density at radius 1 is 1.14 bits per heavy atom. The van der Waals surface area contributed by atoms with Gasteiger partial charge < -0.3 is 19.5 Å². The fourth-order valence-electron chi connectivity index (χ4n) is 5.86. The molecule has 5 heteroatoms. The summed E-state index contributed by atoms with van der Waals surface area (Å²) < 4.78 is 16.7. The van der Waals surface area contributed by atoms with E-state index in [0.717, 1.165) is 50.4 Å². The zero-order chi connectivity index (χ0) is 20.5. The summed E-state index contributed by atoms with van der Waals surface area (Å²) in [6.45, 7) is 9.37. The normalized spacial score (nSPS) is 27.4. The first-order valence-corrected chi connectivity index (χ1v) is 11.1. The van der Waals surface area contributed by atoms with Crippen molar-refractivity contribution in [2.45, 2.75) is 64.7 Å². The molecule has 1 aromatic rings. The molecule has 1 saturated carbocycles. The fraction of sp³-hybridized carbons (Fsp3) is 0.708. The van der Waals surface area contributed by atoms with Crippen LogP contribution < -0.4 is 14.8 Å². The molecule has 2 heterocycles. The van der Waals surface area contributed by atoms with E-state index >= 15 is 0 Å². The summed E-state index contributed by atoms with van der Waals surface area (Å²) in [5.41, 5.74) is 1.45. The van der Waals surface area contributed by atoms with E-state index in [4.69, 9.17) is 14.2 Å². The Morgan fingerprint density at radius 2 is 1.90 bits per heavy atom. The number of ether oxygens (including phenoxy) is 3. The molecule has 160 valence electrons. The summed E-state index contributed by atoms with van der Waals surface area (Å²) in [4.78, 5) is 12.8. The molecule has 0 unspecified atom stereocenters. The third-order valence-corrected chi connectivity index (χ3v) is 7.01. The first kappa shape index (κ1) is 20.5. The van der Waals surface area contributed by atoms with Crippen LogP contribution in [0, 0.1) is 17.3 Å². The average molecular weight is 402 g/mol. The minimum Gasteiger partial charge on any atom is -0.454 e. The summed E-state index contributed by atoms with van der Waals surface area (Å²) in [5, 5.41) is 3.28. The predicted molar refractivity (Wildman–Crippen MR) is 112 cm³/mol. The number of amides is 1. The number of fused-ring (bicyclic) bond motifs is 1. The largest absolute Gasteiger partial charge is 0.454 e. The average Bonchev–Trinajstić information content (AvgIpc) is 3.13. The van der Waals surface area contributed by atoms with E-state index in [2.05, 4.69) is 38.2 Å². The number of hydrogen-bond acceptors (Lipinski definition) is 4. The summed E-state index contributed by atoms with van der Waals surface area (Å²) in [7, 11) is 0. The van der Waals surface area contributed by atoms with Crippen LogP contribution in [0.25, 0.3) is 0 Å². The Bertz CT molecular complexity index is 738. The van der Waals surface area contributed by atoms with Gasteiger partial charge in [0.05, 0.1) is 0 Å². The Labute approximate surface area is 174 Å². The van der Waals surface area contributed by atoms with Crippen molar-refractivity contribution in [2.24, 2.45) is 17.3 Å². The van der Waals surface area contributed by atoms with Crippen LogP contribution in [0.1, 0.15) is 64.9 Å². The smallest absolute Gasteiger partial charge is 0.231 e. The van der Waals surface area contributed by atoms with Crippen LogP contribution in [0.4, 0.5) is 0 Å². The van der Waals surface area contributed by atoms with Crippen molar-refractivity contribution in [3.05, 3.63) is 23.8 Å². The topological polar surface area (TPSA) is 56.8 Å². The molecule has 2 fully saturated rings. The summed E-state index contributed by atoms with van der Waals surface area (Å²) >= 11 is 0. The Balaban J connectivity index is 1.42. The van der Waals surface area contributed by atoms with E-state index in [0.29, 0.717) is 30.2 Å². The van der Waals surface area contributed by atoms with Gasteiger partial charge in [0, 0.05) is 31.6 Å². The van der Waals surface area contributed by atoms with Gasteiger partial charge in [0.2, 0.25) is 12.7 Å². The maximum Gasteiger partial charge on any atom is 0.231 e. The van der Waals surface area contributed by atoms with Crippen molar-refractivity contribution in [3.8, 4) is 11.5 Å². The van der Waals surface area contributed by atoms with Crippen molar-refractivity contribution in [3.63, 3.8) is 0 Å².